The van der Waals surface area contributed by atoms with E-state index < -0.39 is 0 Å². The highest BCUT2D eigenvalue weighted by Crippen LogP contribution is 2.15. The molecule has 0 saturated carbocycles. The van der Waals surface area contributed by atoms with Gasteiger partial charge in [0.05, 0.1) is 12.2 Å². The molecule has 1 saturated heterocycles. The quantitative estimate of drug-likeness (QED) is 0.840. The van der Waals surface area contributed by atoms with Gasteiger partial charge in [-0.15, -0.1) is 12.4 Å². The Hall–Kier alpha value is -0.570. The van der Waals surface area contributed by atoms with Gasteiger partial charge in [-0.3, -0.25) is 4.90 Å². The van der Waals surface area contributed by atoms with E-state index in [0.29, 0.717) is 18.1 Å². The van der Waals surface area contributed by atoms with Crippen molar-refractivity contribution in [2.75, 3.05) is 19.6 Å². The van der Waals surface area contributed by atoms with Gasteiger partial charge in [0.1, 0.15) is 0 Å². The number of rotatable bonds is 4. The molecular formula is C16H26ClNO. The lowest BCUT2D eigenvalue weighted by molar-refractivity contribution is -0.0708. The lowest BCUT2D eigenvalue weighted by Crippen LogP contribution is -2.47. The SMILES string of the molecule is CC(Cc1ccccc1)CN1C[C@H](C)O[C@@H](C)C1.Cl. The summed E-state index contributed by atoms with van der Waals surface area (Å²) in [5, 5.41) is 0. The molecule has 0 bridgehead atoms. The Kier molecular flexibility index (Phi) is 6.84. The highest BCUT2D eigenvalue weighted by Gasteiger charge is 2.23. The molecule has 0 radical (unpaired) electrons. The first-order chi connectivity index (χ1) is 8.63. The van der Waals surface area contributed by atoms with Crippen molar-refractivity contribution in [1.82, 2.24) is 4.90 Å². The molecule has 0 aliphatic carbocycles. The van der Waals surface area contributed by atoms with Crippen molar-refractivity contribution < 1.29 is 4.74 Å². The molecule has 1 unspecified atom stereocenters. The third kappa shape index (κ3) is 5.52. The number of hydrogen-bond donors (Lipinski definition) is 0. The van der Waals surface area contributed by atoms with Crippen LogP contribution in [-0.4, -0.2) is 36.7 Å². The van der Waals surface area contributed by atoms with Gasteiger partial charge in [-0.2, -0.15) is 0 Å². The van der Waals surface area contributed by atoms with Gasteiger partial charge >= 0.3 is 0 Å². The van der Waals surface area contributed by atoms with Gasteiger partial charge in [0.15, 0.2) is 0 Å². The maximum absolute atomic E-state index is 5.77. The van der Waals surface area contributed by atoms with Gasteiger partial charge in [-0.25, -0.2) is 0 Å². The second kappa shape index (κ2) is 7.88. The molecule has 0 N–H and O–H groups in total. The number of ether oxygens (including phenoxy) is 1. The van der Waals surface area contributed by atoms with Crippen molar-refractivity contribution in [2.45, 2.75) is 39.4 Å². The first kappa shape index (κ1) is 16.5. The van der Waals surface area contributed by atoms with Crippen molar-refractivity contribution in [3.63, 3.8) is 0 Å². The first-order valence-electron chi connectivity index (χ1n) is 7.05. The van der Waals surface area contributed by atoms with E-state index in [9.17, 15) is 0 Å². The standard InChI is InChI=1S/C16H25NO.ClH/c1-13(9-16-7-5-4-6-8-16)10-17-11-14(2)18-15(3)12-17;/h4-8,13-15H,9-12H2,1-3H3;1H/t13?,14-,15-;/m0./s1. The highest BCUT2D eigenvalue weighted by molar-refractivity contribution is 5.85. The Balaban J connectivity index is 0.00000180. The Morgan fingerprint density at radius 3 is 2.32 bits per heavy atom. The van der Waals surface area contributed by atoms with Crippen molar-refractivity contribution in [3.05, 3.63) is 35.9 Å². The predicted molar refractivity (Wildman–Crippen MR) is 83.0 cm³/mol. The van der Waals surface area contributed by atoms with E-state index in [1.807, 2.05) is 0 Å². The Morgan fingerprint density at radius 2 is 1.74 bits per heavy atom. The largest absolute Gasteiger partial charge is 0.373 e. The Labute approximate surface area is 123 Å². The average Bonchev–Trinajstić information content (AvgIpc) is 2.28. The van der Waals surface area contributed by atoms with Gasteiger partial charge in [-0.05, 0) is 31.7 Å². The molecular weight excluding hydrogens is 258 g/mol. The Bertz CT molecular complexity index is 347. The third-order valence-electron chi connectivity index (χ3n) is 3.49. The summed E-state index contributed by atoms with van der Waals surface area (Å²) in [7, 11) is 0. The molecule has 1 aliphatic rings. The fourth-order valence-corrected chi connectivity index (χ4v) is 2.96. The highest BCUT2D eigenvalue weighted by atomic mass is 35.5. The topological polar surface area (TPSA) is 12.5 Å². The number of morpholine rings is 1. The number of benzene rings is 1. The predicted octanol–water partition coefficient (Wildman–Crippen LogP) is 3.40. The number of nitrogens with zero attached hydrogens (tertiary/aromatic N) is 1. The van der Waals surface area contributed by atoms with Crippen LogP contribution in [0.4, 0.5) is 0 Å². The summed E-state index contributed by atoms with van der Waals surface area (Å²) in [5.41, 5.74) is 1.44. The summed E-state index contributed by atoms with van der Waals surface area (Å²) in [5.74, 6) is 0.699. The van der Waals surface area contributed by atoms with E-state index in [1.54, 1.807) is 0 Å². The molecule has 108 valence electrons. The zero-order valence-electron chi connectivity index (χ0n) is 12.2. The molecule has 3 atom stereocenters. The summed E-state index contributed by atoms with van der Waals surface area (Å²) in [4.78, 5) is 2.55. The van der Waals surface area contributed by atoms with E-state index in [2.05, 4.69) is 56.0 Å². The molecule has 1 aromatic carbocycles. The molecule has 2 rings (SSSR count). The van der Waals surface area contributed by atoms with E-state index in [0.717, 1.165) is 13.1 Å². The van der Waals surface area contributed by atoms with Gasteiger partial charge in [-0.1, -0.05) is 37.3 Å². The normalized spacial score (nSPS) is 25.6. The summed E-state index contributed by atoms with van der Waals surface area (Å²) >= 11 is 0. The summed E-state index contributed by atoms with van der Waals surface area (Å²) in [6.45, 7) is 10.0. The second-order valence-electron chi connectivity index (χ2n) is 5.77. The second-order valence-corrected chi connectivity index (χ2v) is 5.77. The molecule has 1 aliphatic heterocycles. The van der Waals surface area contributed by atoms with Crippen LogP contribution in [0, 0.1) is 5.92 Å². The van der Waals surface area contributed by atoms with Crippen LogP contribution >= 0.6 is 12.4 Å². The van der Waals surface area contributed by atoms with Gasteiger partial charge in [0.25, 0.3) is 0 Å². The molecule has 1 fully saturated rings. The van der Waals surface area contributed by atoms with Crippen LogP contribution in [0.5, 0.6) is 0 Å². The zero-order chi connectivity index (χ0) is 13.0. The Morgan fingerprint density at radius 1 is 1.16 bits per heavy atom. The minimum Gasteiger partial charge on any atom is -0.373 e. The molecule has 0 aromatic heterocycles. The minimum atomic E-state index is 0. The fraction of sp³-hybridized carbons (Fsp3) is 0.625. The smallest absolute Gasteiger partial charge is 0.0678 e. The summed E-state index contributed by atoms with van der Waals surface area (Å²) in [6, 6.07) is 10.8. The molecule has 0 amide bonds. The summed E-state index contributed by atoms with van der Waals surface area (Å²) in [6.07, 6.45) is 1.91. The van der Waals surface area contributed by atoms with E-state index in [1.165, 1.54) is 18.5 Å². The van der Waals surface area contributed by atoms with E-state index in [-0.39, 0.29) is 12.4 Å². The van der Waals surface area contributed by atoms with Crippen molar-refractivity contribution in [3.8, 4) is 0 Å². The van der Waals surface area contributed by atoms with Gasteiger partial charge in [0, 0.05) is 19.6 Å². The van der Waals surface area contributed by atoms with Gasteiger partial charge < -0.3 is 4.74 Å². The minimum absolute atomic E-state index is 0. The van der Waals surface area contributed by atoms with Crippen LogP contribution in [0.15, 0.2) is 30.3 Å². The van der Waals surface area contributed by atoms with Gasteiger partial charge in [0.2, 0.25) is 0 Å². The van der Waals surface area contributed by atoms with Crippen molar-refractivity contribution >= 4 is 12.4 Å². The zero-order valence-corrected chi connectivity index (χ0v) is 13.0. The monoisotopic (exact) mass is 283 g/mol. The third-order valence-corrected chi connectivity index (χ3v) is 3.49. The fourth-order valence-electron chi connectivity index (χ4n) is 2.96. The maximum atomic E-state index is 5.77. The van der Waals surface area contributed by atoms with Crippen LogP contribution in [-0.2, 0) is 11.2 Å². The lowest BCUT2D eigenvalue weighted by Gasteiger charge is -2.36. The van der Waals surface area contributed by atoms with Crippen LogP contribution in [0.1, 0.15) is 26.3 Å². The molecule has 2 nitrogen and oxygen atoms in total. The molecule has 0 spiro atoms. The lowest BCUT2D eigenvalue weighted by atomic mass is 10.00. The van der Waals surface area contributed by atoms with E-state index in [4.69, 9.17) is 4.74 Å². The van der Waals surface area contributed by atoms with Crippen LogP contribution in [0.25, 0.3) is 0 Å². The van der Waals surface area contributed by atoms with Crippen molar-refractivity contribution in [2.24, 2.45) is 5.92 Å². The van der Waals surface area contributed by atoms with Crippen LogP contribution in [0.2, 0.25) is 0 Å². The molecule has 3 heteroatoms. The molecule has 19 heavy (non-hydrogen) atoms. The maximum Gasteiger partial charge on any atom is 0.0678 e. The van der Waals surface area contributed by atoms with Crippen LogP contribution in [0.3, 0.4) is 0 Å². The summed E-state index contributed by atoms with van der Waals surface area (Å²) < 4.78 is 5.77. The average molecular weight is 284 g/mol. The first-order valence-corrected chi connectivity index (χ1v) is 7.05. The van der Waals surface area contributed by atoms with Crippen LogP contribution < -0.4 is 0 Å². The van der Waals surface area contributed by atoms with E-state index >= 15 is 0 Å². The van der Waals surface area contributed by atoms with Crippen molar-refractivity contribution in [1.29, 1.82) is 0 Å². The molecule has 1 aromatic rings. The molecule has 1 heterocycles. The number of halogens is 1. The number of hydrogen-bond acceptors (Lipinski definition) is 2.